The van der Waals surface area contributed by atoms with Crippen molar-refractivity contribution in [3.8, 4) is 5.75 Å². The lowest BCUT2D eigenvalue weighted by Crippen LogP contribution is -2.14. The molecule has 4 nitrogen and oxygen atoms in total. The van der Waals surface area contributed by atoms with Gasteiger partial charge in [0, 0.05) is 11.8 Å². The monoisotopic (exact) mass is 295 g/mol. The number of sulfone groups is 1. The minimum absolute atomic E-state index is 0.0255. The van der Waals surface area contributed by atoms with Crippen molar-refractivity contribution in [1.82, 2.24) is 0 Å². The molecule has 0 aliphatic rings. The summed E-state index contributed by atoms with van der Waals surface area (Å²) >= 11 is 0. The van der Waals surface area contributed by atoms with Gasteiger partial charge in [0.15, 0.2) is 9.84 Å². The molecule has 2 N–H and O–H groups in total. The molecule has 0 heterocycles. The highest BCUT2D eigenvalue weighted by molar-refractivity contribution is 7.91. The average molecular weight is 295 g/mol. The van der Waals surface area contributed by atoms with Gasteiger partial charge in [0.05, 0.1) is 10.6 Å². The number of ether oxygens (including phenoxy) is 1. The predicted molar refractivity (Wildman–Crippen MR) is 74.8 cm³/mol. The molecule has 0 saturated heterocycles. The van der Waals surface area contributed by atoms with Crippen LogP contribution in [0, 0.1) is 5.82 Å². The van der Waals surface area contributed by atoms with Gasteiger partial charge in [-0.05, 0) is 30.3 Å². The summed E-state index contributed by atoms with van der Waals surface area (Å²) in [6.07, 6.45) is 0. The lowest BCUT2D eigenvalue weighted by atomic mass is 10.3. The molecule has 0 atom stereocenters. The van der Waals surface area contributed by atoms with Crippen LogP contribution in [-0.2, 0) is 9.84 Å². The number of nitrogens with two attached hydrogens (primary N) is 1. The highest BCUT2D eigenvalue weighted by Crippen LogP contribution is 2.16. The van der Waals surface area contributed by atoms with Crippen molar-refractivity contribution in [3.05, 3.63) is 54.3 Å². The molecule has 0 fully saturated rings. The summed E-state index contributed by atoms with van der Waals surface area (Å²) < 4.78 is 42.3. The Hall–Kier alpha value is -2.08. The standard InChI is InChI=1S/C14H14FNO3S/c15-11-3-1-6-14(9-11)20(17,18)8-7-19-13-5-2-4-12(16)10-13/h1-6,9-10H,7-8,16H2. The Balaban J connectivity index is 2.00. The van der Waals surface area contributed by atoms with E-state index in [-0.39, 0.29) is 17.3 Å². The van der Waals surface area contributed by atoms with Crippen molar-refractivity contribution in [2.45, 2.75) is 4.90 Å². The first kappa shape index (κ1) is 14.3. The lowest BCUT2D eigenvalue weighted by molar-refractivity contribution is 0.341. The second-order valence-electron chi connectivity index (χ2n) is 4.20. The normalized spacial score (nSPS) is 11.2. The largest absolute Gasteiger partial charge is 0.492 e. The van der Waals surface area contributed by atoms with Crippen LogP contribution >= 0.6 is 0 Å². The Morgan fingerprint density at radius 1 is 1.10 bits per heavy atom. The molecule has 2 rings (SSSR count). The Morgan fingerprint density at radius 3 is 2.55 bits per heavy atom. The van der Waals surface area contributed by atoms with E-state index in [4.69, 9.17) is 10.5 Å². The van der Waals surface area contributed by atoms with E-state index < -0.39 is 15.7 Å². The van der Waals surface area contributed by atoms with E-state index in [1.165, 1.54) is 18.2 Å². The van der Waals surface area contributed by atoms with Gasteiger partial charge >= 0.3 is 0 Å². The summed E-state index contributed by atoms with van der Waals surface area (Å²) in [6, 6.07) is 11.6. The van der Waals surface area contributed by atoms with E-state index in [9.17, 15) is 12.8 Å². The van der Waals surface area contributed by atoms with Gasteiger partial charge < -0.3 is 10.5 Å². The number of halogens is 1. The molecule has 6 heteroatoms. The molecule has 0 saturated carbocycles. The van der Waals surface area contributed by atoms with Crippen molar-refractivity contribution in [1.29, 1.82) is 0 Å². The molecule has 0 spiro atoms. The number of nitrogen functional groups attached to an aromatic ring is 1. The number of benzene rings is 2. The minimum Gasteiger partial charge on any atom is -0.492 e. The van der Waals surface area contributed by atoms with Crippen LogP contribution in [0.4, 0.5) is 10.1 Å². The Labute approximate surface area is 116 Å². The molecule has 106 valence electrons. The smallest absolute Gasteiger partial charge is 0.181 e. The zero-order valence-corrected chi connectivity index (χ0v) is 11.4. The fraction of sp³-hybridized carbons (Fsp3) is 0.143. The zero-order chi connectivity index (χ0) is 14.6. The molecule has 0 bridgehead atoms. The predicted octanol–water partition coefficient (Wildman–Crippen LogP) is 2.26. The molecule has 2 aromatic carbocycles. The maximum absolute atomic E-state index is 13.0. The van der Waals surface area contributed by atoms with E-state index in [1.807, 2.05) is 0 Å². The van der Waals surface area contributed by atoms with E-state index in [2.05, 4.69) is 0 Å². The van der Waals surface area contributed by atoms with Gasteiger partial charge in [0.25, 0.3) is 0 Å². The third-order valence-corrected chi connectivity index (χ3v) is 4.31. The van der Waals surface area contributed by atoms with E-state index >= 15 is 0 Å². The van der Waals surface area contributed by atoms with Gasteiger partial charge in [-0.2, -0.15) is 0 Å². The summed E-state index contributed by atoms with van der Waals surface area (Å²) in [5, 5.41) is 0. The molecule has 0 unspecified atom stereocenters. The molecule has 0 aliphatic carbocycles. The molecule has 0 amide bonds. The van der Waals surface area contributed by atoms with Crippen molar-refractivity contribution < 1.29 is 17.5 Å². The second kappa shape index (κ2) is 5.92. The Bertz CT molecular complexity index is 701. The van der Waals surface area contributed by atoms with E-state index in [0.29, 0.717) is 11.4 Å². The number of anilines is 1. The van der Waals surface area contributed by atoms with Crippen LogP contribution in [0.5, 0.6) is 5.75 Å². The van der Waals surface area contributed by atoms with Gasteiger partial charge in [0.2, 0.25) is 0 Å². The fourth-order valence-electron chi connectivity index (χ4n) is 1.65. The molecule has 20 heavy (non-hydrogen) atoms. The first-order valence-electron chi connectivity index (χ1n) is 5.94. The summed E-state index contributed by atoms with van der Waals surface area (Å²) in [5.41, 5.74) is 6.12. The van der Waals surface area contributed by atoms with Gasteiger partial charge in [-0.1, -0.05) is 12.1 Å². The van der Waals surface area contributed by atoms with E-state index in [0.717, 1.165) is 6.07 Å². The molecule has 0 aliphatic heterocycles. The topological polar surface area (TPSA) is 69.4 Å². The SMILES string of the molecule is Nc1cccc(OCCS(=O)(=O)c2cccc(F)c2)c1. The number of hydrogen-bond acceptors (Lipinski definition) is 4. The van der Waals surface area contributed by atoms with Crippen molar-refractivity contribution in [3.63, 3.8) is 0 Å². The van der Waals surface area contributed by atoms with Crippen LogP contribution in [0.15, 0.2) is 53.4 Å². The maximum Gasteiger partial charge on any atom is 0.181 e. The van der Waals surface area contributed by atoms with Crippen molar-refractivity contribution in [2.75, 3.05) is 18.1 Å². The van der Waals surface area contributed by atoms with Gasteiger partial charge in [-0.25, -0.2) is 12.8 Å². The third-order valence-electron chi connectivity index (χ3n) is 2.63. The average Bonchev–Trinajstić information content (AvgIpc) is 2.38. The molecular weight excluding hydrogens is 281 g/mol. The van der Waals surface area contributed by atoms with Crippen molar-refractivity contribution >= 4 is 15.5 Å². The minimum atomic E-state index is -3.56. The molecule has 0 radical (unpaired) electrons. The second-order valence-corrected chi connectivity index (χ2v) is 6.31. The summed E-state index contributed by atoms with van der Waals surface area (Å²) in [6.45, 7) is -0.0255. The van der Waals surface area contributed by atoms with Crippen LogP contribution in [-0.4, -0.2) is 20.8 Å². The van der Waals surface area contributed by atoms with Gasteiger partial charge in [0.1, 0.15) is 18.2 Å². The quantitative estimate of drug-likeness (QED) is 0.859. The van der Waals surface area contributed by atoms with Crippen LogP contribution in [0.1, 0.15) is 0 Å². The van der Waals surface area contributed by atoms with E-state index in [1.54, 1.807) is 24.3 Å². The van der Waals surface area contributed by atoms with Crippen LogP contribution in [0.3, 0.4) is 0 Å². The summed E-state index contributed by atoms with van der Waals surface area (Å²) in [4.78, 5) is -0.0475. The molecule has 2 aromatic rings. The first-order chi connectivity index (χ1) is 9.47. The Kier molecular flexibility index (Phi) is 4.24. The molecular formula is C14H14FNO3S. The Morgan fingerprint density at radius 2 is 1.85 bits per heavy atom. The highest BCUT2D eigenvalue weighted by atomic mass is 32.2. The zero-order valence-electron chi connectivity index (χ0n) is 10.6. The number of rotatable bonds is 5. The first-order valence-corrected chi connectivity index (χ1v) is 7.59. The lowest BCUT2D eigenvalue weighted by Gasteiger charge is -2.08. The summed E-state index contributed by atoms with van der Waals surface area (Å²) in [7, 11) is -3.56. The molecule has 0 aromatic heterocycles. The number of hydrogen-bond donors (Lipinski definition) is 1. The third kappa shape index (κ3) is 3.71. The van der Waals surface area contributed by atoms with Crippen LogP contribution in [0.2, 0.25) is 0 Å². The van der Waals surface area contributed by atoms with Gasteiger partial charge in [-0.3, -0.25) is 0 Å². The maximum atomic E-state index is 13.0. The van der Waals surface area contributed by atoms with Crippen LogP contribution in [0.25, 0.3) is 0 Å². The van der Waals surface area contributed by atoms with Gasteiger partial charge in [-0.15, -0.1) is 0 Å². The van der Waals surface area contributed by atoms with Crippen molar-refractivity contribution in [2.24, 2.45) is 0 Å². The highest BCUT2D eigenvalue weighted by Gasteiger charge is 2.15. The summed E-state index contributed by atoms with van der Waals surface area (Å²) in [5.74, 6) is -0.312. The van der Waals surface area contributed by atoms with Crippen LogP contribution < -0.4 is 10.5 Å². The fourth-order valence-corrected chi connectivity index (χ4v) is 2.77.